The summed E-state index contributed by atoms with van der Waals surface area (Å²) >= 11 is 5.89. The quantitative estimate of drug-likeness (QED) is 0.683. The van der Waals surface area contributed by atoms with Crippen molar-refractivity contribution in [2.24, 2.45) is 13.0 Å². The zero-order chi connectivity index (χ0) is 19.6. The second kappa shape index (κ2) is 8.01. The lowest BCUT2D eigenvalue weighted by molar-refractivity contribution is 0.0702. The van der Waals surface area contributed by atoms with Crippen molar-refractivity contribution in [2.45, 2.75) is 19.9 Å². The highest BCUT2D eigenvalue weighted by Gasteiger charge is 2.26. The fraction of sp³-hybridized carbons (Fsp3) is 0.333. The number of hydrogen-bond donors (Lipinski definition) is 1. The molecule has 27 heavy (non-hydrogen) atoms. The fourth-order valence-corrected chi connectivity index (χ4v) is 3.47. The van der Waals surface area contributed by atoms with Crippen molar-refractivity contribution in [3.05, 3.63) is 59.4 Å². The monoisotopic (exact) mass is 384 g/mol. The minimum Gasteiger partial charge on any atom is -0.368 e. The molecule has 0 spiro atoms. The number of nitrogens with zero attached hydrogens (tertiary/aromatic N) is 3. The van der Waals surface area contributed by atoms with Gasteiger partial charge in [-0.25, -0.2) is 4.98 Å². The zero-order valence-corrected chi connectivity index (χ0v) is 16.9. The Morgan fingerprint density at radius 2 is 2.00 bits per heavy atom. The molecule has 1 unspecified atom stereocenters. The summed E-state index contributed by atoms with van der Waals surface area (Å²) in [6.45, 7) is 4.85. The lowest BCUT2D eigenvalue weighted by Gasteiger charge is -2.31. The Labute approximate surface area is 165 Å². The molecule has 2 aromatic heterocycles. The molecule has 142 valence electrons. The van der Waals surface area contributed by atoms with Crippen molar-refractivity contribution < 1.29 is 4.79 Å². The zero-order valence-electron chi connectivity index (χ0n) is 16.1. The number of pyridine rings is 1. The normalized spacial score (nSPS) is 12.4. The Kier molecular flexibility index (Phi) is 5.71. The van der Waals surface area contributed by atoms with Crippen molar-refractivity contribution in [1.82, 2.24) is 14.5 Å². The smallest absolute Gasteiger partial charge is 0.256 e. The number of hydrogen-bond acceptors (Lipinski definition) is 3. The third kappa shape index (κ3) is 4.08. The van der Waals surface area contributed by atoms with Crippen molar-refractivity contribution in [3.63, 3.8) is 0 Å². The Bertz CT molecular complexity index is 933. The standard InChI is InChI=1S/C21H25ClN4O/c1-14(2)19(12-24-20-10-9-15(22)11-23-20)26(4)21(27)17-13-25(3)18-8-6-5-7-16(17)18/h5-11,13-14,19H,12H2,1-4H3,(H,23,24). The molecule has 0 saturated carbocycles. The van der Waals surface area contributed by atoms with Gasteiger partial charge in [0.15, 0.2) is 0 Å². The van der Waals surface area contributed by atoms with Crippen molar-refractivity contribution in [3.8, 4) is 0 Å². The first-order valence-electron chi connectivity index (χ1n) is 9.05. The van der Waals surface area contributed by atoms with E-state index in [0.29, 0.717) is 11.6 Å². The first-order valence-corrected chi connectivity index (χ1v) is 9.43. The maximum Gasteiger partial charge on any atom is 0.256 e. The van der Waals surface area contributed by atoms with E-state index in [-0.39, 0.29) is 17.9 Å². The molecule has 1 amide bonds. The molecule has 1 N–H and O–H groups in total. The van der Waals surface area contributed by atoms with E-state index in [9.17, 15) is 4.79 Å². The van der Waals surface area contributed by atoms with Crippen LogP contribution in [0.3, 0.4) is 0 Å². The second-order valence-electron chi connectivity index (χ2n) is 7.14. The van der Waals surface area contributed by atoms with Crippen LogP contribution >= 0.6 is 11.6 Å². The number of carbonyl (C=O) groups excluding carboxylic acids is 1. The molecule has 0 bridgehead atoms. The molecule has 0 aliphatic rings. The van der Waals surface area contributed by atoms with Crippen LogP contribution in [0.4, 0.5) is 5.82 Å². The van der Waals surface area contributed by atoms with E-state index < -0.39 is 0 Å². The summed E-state index contributed by atoms with van der Waals surface area (Å²) in [5.74, 6) is 1.06. The Balaban J connectivity index is 1.80. The van der Waals surface area contributed by atoms with E-state index >= 15 is 0 Å². The van der Waals surface area contributed by atoms with Gasteiger partial charge in [-0.1, -0.05) is 43.6 Å². The summed E-state index contributed by atoms with van der Waals surface area (Å²) in [5, 5.41) is 4.89. The average Bonchev–Trinajstić information content (AvgIpc) is 2.99. The summed E-state index contributed by atoms with van der Waals surface area (Å²) in [4.78, 5) is 19.3. The molecule has 0 aliphatic heterocycles. The number of halogens is 1. The number of rotatable bonds is 6. The summed E-state index contributed by atoms with van der Waals surface area (Å²) in [5.41, 5.74) is 1.78. The van der Waals surface area contributed by atoms with Crippen LogP contribution in [0.5, 0.6) is 0 Å². The van der Waals surface area contributed by atoms with Gasteiger partial charge in [-0.05, 0) is 24.1 Å². The van der Waals surface area contributed by atoms with E-state index in [0.717, 1.165) is 22.3 Å². The number of benzene rings is 1. The van der Waals surface area contributed by atoms with Crippen LogP contribution in [0.2, 0.25) is 5.02 Å². The molecule has 1 atom stereocenters. The highest BCUT2D eigenvalue weighted by molar-refractivity contribution is 6.30. The number of nitrogens with one attached hydrogen (secondary N) is 1. The van der Waals surface area contributed by atoms with Crippen molar-refractivity contribution in [1.29, 1.82) is 0 Å². The summed E-state index contributed by atoms with van der Waals surface area (Å²) < 4.78 is 2.00. The van der Waals surface area contributed by atoms with E-state index in [1.807, 2.05) is 60.1 Å². The van der Waals surface area contributed by atoms with Gasteiger partial charge in [0.05, 0.1) is 16.6 Å². The molecule has 2 heterocycles. The van der Waals surface area contributed by atoms with Gasteiger partial charge in [0.2, 0.25) is 0 Å². The largest absolute Gasteiger partial charge is 0.368 e. The molecular formula is C21H25ClN4O. The van der Waals surface area contributed by atoms with E-state index in [1.54, 1.807) is 12.3 Å². The SMILES string of the molecule is CC(C)C(CNc1ccc(Cl)cn1)N(C)C(=O)c1cn(C)c2ccccc12. The number of fused-ring (bicyclic) bond motifs is 1. The minimum absolute atomic E-state index is 0.0222. The van der Waals surface area contributed by atoms with Crippen molar-refractivity contribution in [2.75, 3.05) is 18.9 Å². The second-order valence-corrected chi connectivity index (χ2v) is 7.58. The average molecular weight is 385 g/mol. The number of amides is 1. The first kappa shape index (κ1) is 19.2. The van der Waals surface area contributed by atoms with E-state index in [1.165, 1.54) is 0 Å². The maximum atomic E-state index is 13.2. The van der Waals surface area contributed by atoms with Gasteiger partial charge >= 0.3 is 0 Å². The van der Waals surface area contributed by atoms with E-state index in [2.05, 4.69) is 24.1 Å². The molecule has 3 aromatic rings. The van der Waals surface area contributed by atoms with Crippen LogP contribution in [-0.4, -0.2) is 40.0 Å². The number of carbonyl (C=O) groups is 1. The van der Waals surface area contributed by atoms with Gasteiger partial charge in [0.25, 0.3) is 5.91 Å². The lowest BCUT2D eigenvalue weighted by atomic mass is 10.0. The number of aryl methyl sites for hydroxylation is 1. The highest BCUT2D eigenvalue weighted by Crippen LogP contribution is 2.23. The van der Waals surface area contributed by atoms with Gasteiger partial charge in [-0.15, -0.1) is 0 Å². The maximum absolute atomic E-state index is 13.2. The predicted octanol–water partition coefficient (Wildman–Crippen LogP) is 4.44. The van der Waals surface area contributed by atoms with Crippen LogP contribution in [-0.2, 0) is 7.05 Å². The molecule has 0 radical (unpaired) electrons. The third-order valence-electron chi connectivity index (χ3n) is 4.93. The molecule has 1 aromatic carbocycles. The van der Waals surface area contributed by atoms with E-state index in [4.69, 9.17) is 11.6 Å². The Morgan fingerprint density at radius 3 is 2.67 bits per heavy atom. The third-order valence-corrected chi connectivity index (χ3v) is 5.16. The number of anilines is 1. The van der Waals surface area contributed by atoms with Crippen LogP contribution in [0.15, 0.2) is 48.8 Å². The Hall–Kier alpha value is -2.53. The van der Waals surface area contributed by atoms with Crippen molar-refractivity contribution >= 4 is 34.2 Å². The van der Waals surface area contributed by atoms with Gasteiger partial charge in [0, 0.05) is 43.9 Å². The van der Waals surface area contributed by atoms with Crippen LogP contribution in [0.25, 0.3) is 10.9 Å². The van der Waals surface area contributed by atoms with Gasteiger partial charge in [-0.2, -0.15) is 0 Å². The highest BCUT2D eigenvalue weighted by atomic mass is 35.5. The summed E-state index contributed by atoms with van der Waals surface area (Å²) in [6, 6.07) is 11.6. The summed E-state index contributed by atoms with van der Waals surface area (Å²) in [7, 11) is 3.83. The Morgan fingerprint density at radius 1 is 1.26 bits per heavy atom. The van der Waals surface area contributed by atoms with Gasteiger partial charge in [-0.3, -0.25) is 4.79 Å². The first-order chi connectivity index (χ1) is 12.9. The predicted molar refractivity (Wildman–Crippen MR) is 111 cm³/mol. The fourth-order valence-electron chi connectivity index (χ4n) is 3.36. The van der Waals surface area contributed by atoms with Crippen LogP contribution < -0.4 is 5.32 Å². The van der Waals surface area contributed by atoms with Gasteiger partial charge in [0.1, 0.15) is 5.82 Å². The number of likely N-dealkylation sites (N-methyl/N-ethyl adjacent to an activating group) is 1. The molecule has 0 saturated heterocycles. The molecule has 0 fully saturated rings. The summed E-state index contributed by atoms with van der Waals surface area (Å²) in [6.07, 6.45) is 3.52. The molecule has 5 nitrogen and oxygen atoms in total. The minimum atomic E-state index is 0.0222. The molecule has 3 rings (SSSR count). The van der Waals surface area contributed by atoms with Crippen LogP contribution in [0, 0.1) is 5.92 Å². The van der Waals surface area contributed by atoms with Crippen LogP contribution in [0.1, 0.15) is 24.2 Å². The number of para-hydroxylation sites is 1. The molecular weight excluding hydrogens is 360 g/mol. The number of aromatic nitrogens is 2. The molecule has 0 aliphatic carbocycles. The van der Waals surface area contributed by atoms with Gasteiger partial charge < -0.3 is 14.8 Å². The topological polar surface area (TPSA) is 50.2 Å². The lowest BCUT2D eigenvalue weighted by Crippen LogP contribution is -2.44. The molecule has 6 heteroatoms.